The topological polar surface area (TPSA) is 85.1 Å². The zero-order chi connectivity index (χ0) is 21.8. The second kappa shape index (κ2) is 9.28. The maximum atomic E-state index is 13.0. The monoisotopic (exact) mass is 449 g/mol. The van der Waals surface area contributed by atoms with Gasteiger partial charge in [0.1, 0.15) is 0 Å². The first-order valence-electron chi connectivity index (χ1n) is 9.63. The lowest BCUT2D eigenvalue weighted by atomic mass is 9.98. The summed E-state index contributed by atoms with van der Waals surface area (Å²) < 4.78 is 1.44. The number of hydrogen-bond donors (Lipinski definition) is 1. The van der Waals surface area contributed by atoms with Crippen LogP contribution >= 0.6 is 23.1 Å². The van der Waals surface area contributed by atoms with Crippen LogP contribution in [-0.2, 0) is 4.79 Å². The van der Waals surface area contributed by atoms with Gasteiger partial charge in [0.15, 0.2) is 4.34 Å². The van der Waals surface area contributed by atoms with Crippen molar-refractivity contribution >= 4 is 44.9 Å². The maximum Gasteiger partial charge on any atom is 0.270 e. The molecule has 3 aromatic carbocycles. The number of nitrogens with zero attached hydrogens (tertiary/aromatic N) is 2. The van der Waals surface area contributed by atoms with Crippen LogP contribution in [0.15, 0.2) is 83.2 Å². The molecule has 0 aliphatic carbocycles. The third-order valence-electron chi connectivity index (χ3n) is 4.76. The van der Waals surface area contributed by atoms with Crippen LogP contribution < -0.4 is 5.32 Å². The van der Waals surface area contributed by atoms with Crippen molar-refractivity contribution in [2.75, 3.05) is 0 Å². The summed E-state index contributed by atoms with van der Waals surface area (Å²) in [5, 5.41) is 13.8. The second-order valence-electron chi connectivity index (χ2n) is 6.91. The second-order valence-corrected chi connectivity index (χ2v) is 9.53. The highest BCUT2D eigenvalue weighted by Crippen LogP contribution is 2.34. The molecule has 6 nitrogen and oxygen atoms in total. The van der Waals surface area contributed by atoms with Crippen LogP contribution in [0.1, 0.15) is 24.1 Å². The van der Waals surface area contributed by atoms with Gasteiger partial charge in [-0.3, -0.25) is 14.9 Å². The molecule has 31 heavy (non-hydrogen) atoms. The number of nitro groups is 1. The molecule has 1 heterocycles. The summed E-state index contributed by atoms with van der Waals surface area (Å²) in [4.78, 5) is 28.1. The Bertz CT molecular complexity index is 1170. The molecule has 1 amide bonds. The molecule has 0 aliphatic heterocycles. The molecule has 4 aromatic rings. The van der Waals surface area contributed by atoms with Crippen molar-refractivity contribution in [2.24, 2.45) is 0 Å². The van der Waals surface area contributed by atoms with Crippen molar-refractivity contribution in [3.05, 3.63) is 100 Å². The number of carbonyl (C=O) groups is 1. The Labute approximate surface area is 187 Å². The van der Waals surface area contributed by atoms with E-state index >= 15 is 0 Å². The van der Waals surface area contributed by atoms with Crippen LogP contribution in [0.4, 0.5) is 5.69 Å². The number of thioether (sulfide) groups is 1. The Morgan fingerprint density at radius 2 is 1.65 bits per heavy atom. The van der Waals surface area contributed by atoms with Crippen molar-refractivity contribution in [3.63, 3.8) is 0 Å². The lowest BCUT2D eigenvalue weighted by molar-refractivity contribution is -0.384. The molecule has 1 atom stereocenters. The van der Waals surface area contributed by atoms with Gasteiger partial charge in [-0.25, -0.2) is 4.98 Å². The summed E-state index contributed by atoms with van der Waals surface area (Å²) in [5.41, 5.74) is 2.74. The standard InChI is InChI=1S/C23H19N3O3S2/c1-15(30-23-24-19-13-12-18(26(28)29)14-20(19)31-23)22(27)25-21(16-8-4-2-5-9-16)17-10-6-3-7-11-17/h2-15,21H,1H3,(H,25,27)/t15-/m1/s1. The number of benzene rings is 3. The fraction of sp³-hybridized carbons (Fsp3) is 0.130. The molecule has 1 N–H and O–H groups in total. The van der Waals surface area contributed by atoms with Gasteiger partial charge in [-0.2, -0.15) is 0 Å². The predicted molar refractivity (Wildman–Crippen MR) is 124 cm³/mol. The van der Waals surface area contributed by atoms with Crippen molar-refractivity contribution in [1.29, 1.82) is 0 Å². The Kier molecular flexibility index (Phi) is 6.29. The van der Waals surface area contributed by atoms with Crippen LogP contribution in [0.5, 0.6) is 0 Å². The van der Waals surface area contributed by atoms with E-state index in [2.05, 4.69) is 10.3 Å². The number of rotatable bonds is 7. The predicted octanol–water partition coefficient (Wildman–Crippen LogP) is 5.59. The third kappa shape index (κ3) is 4.92. The minimum Gasteiger partial charge on any atom is -0.344 e. The van der Waals surface area contributed by atoms with Gasteiger partial charge in [0.2, 0.25) is 5.91 Å². The minimum atomic E-state index is -0.421. The summed E-state index contributed by atoms with van der Waals surface area (Å²) >= 11 is 2.70. The Balaban J connectivity index is 1.51. The summed E-state index contributed by atoms with van der Waals surface area (Å²) in [6.45, 7) is 1.83. The van der Waals surface area contributed by atoms with Crippen molar-refractivity contribution in [1.82, 2.24) is 10.3 Å². The number of hydrogen-bond acceptors (Lipinski definition) is 6. The molecular weight excluding hydrogens is 430 g/mol. The first-order valence-corrected chi connectivity index (χ1v) is 11.3. The van der Waals surface area contributed by atoms with E-state index in [1.54, 1.807) is 6.07 Å². The SMILES string of the molecule is C[C@@H](Sc1nc2ccc([N+](=O)[O-])cc2s1)C(=O)NC(c1ccccc1)c1ccccc1. The van der Waals surface area contributed by atoms with Crippen molar-refractivity contribution in [2.45, 2.75) is 22.6 Å². The highest BCUT2D eigenvalue weighted by molar-refractivity contribution is 8.02. The smallest absolute Gasteiger partial charge is 0.270 e. The van der Waals surface area contributed by atoms with Crippen LogP contribution in [0.25, 0.3) is 10.2 Å². The van der Waals surface area contributed by atoms with Crippen LogP contribution in [0.2, 0.25) is 0 Å². The van der Waals surface area contributed by atoms with E-state index in [9.17, 15) is 14.9 Å². The highest BCUT2D eigenvalue weighted by atomic mass is 32.2. The van der Waals surface area contributed by atoms with E-state index in [0.29, 0.717) is 9.86 Å². The lowest BCUT2D eigenvalue weighted by Gasteiger charge is -2.21. The fourth-order valence-electron chi connectivity index (χ4n) is 3.17. The Morgan fingerprint density at radius 1 is 1.03 bits per heavy atom. The molecule has 0 saturated heterocycles. The Hall–Kier alpha value is -3.23. The van der Waals surface area contributed by atoms with Crippen molar-refractivity contribution in [3.8, 4) is 0 Å². The van der Waals surface area contributed by atoms with Gasteiger partial charge in [-0.15, -0.1) is 11.3 Å². The molecule has 8 heteroatoms. The van der Waals surface area contributed by atoms with E-state index < -0.39 is 4.92 Å². The maximum absolute atomic E-state index is 13.0. The molecule has 0 bridgehead atoms. The largest absolute Gasteiger partial charge is 0.344 e. The number of fused-ring (bicyclic) bond motifs is 1. The van der Waals surface area contributed by atoms with Gasteiger partial charge in [0.05, 0.1) is 26.4 Å². The molecule has 4 rings (SSSR count). The third-order valence-corrected chi connectivity index (χ3v) is 6.97. The van der Waals surface area contributed by atoms with Gasteiger partial charge in [-0.1, -0.05) is 72.4 Å². The number of aromatic nitrogens is 1. The normalized spacial score (nSPS) is 12.1. The zero-order valence-electron chi connectivity index (χ0n) is 16.6. The quantitative estimate of drug-likeness (QED) is 0.226. The molecule has 0 aliphatic rings. The summed E-state index contributed by atoms with van der Waals surface area (Å²) in [7, 11) is 0. The van der Waals surface area contributed by atoms with Crippen LogP contribution in [-0.4, -0.2) is 21.1 Å². The van der Waals surface area contributed by atoms with Crippen LogP contribution in [0, 0.1) is 10.1 Å². The van der Waals surface area contributed by atoms with E-state index in [1.807, 2.05) is 67.6 Å². The van der Waals surface area contributed by atoms with E-state index in [4.69, 9.17) is 0 Å². The van der Waals surface area contributed by atoms with Gasteiger partial charge >= 0.3 is 0 Å². The lowest BCUT2D eigenvalue weighted by Crippen LogP contribution is -2.34. The zero-order valence-corrected chi connectivity index (χ0v) is 18.2. The molecular formula is C23H19N3O3S2. The molecule has 0 spiro atoms. The first-order chi connectivity index (χ1) is 15.0. The summed E-state index contributed by atoms with van der Waals surface area (Å²) in [6, 6.07) is 24.0. The van der Waals surface area contributed by atoms with Gasteiger partial charge in [-0.05, 0) is 24.1 Å². The number of nitro benzene ring substituents is 1. The van der Waals surface area contributed by atoms with E-state index in [1.165, 1.54) is 35.2 Å². The van der Waals surface area contributed by atoms with Gasteiger partial charge in [0, 0.05) is 12.1 Å². The van der Waals surface area contributed by atoms with Gasteiger partial charge < -0.3 is 5.32 Å². The average molecular weight is 450 g/mol. The summed E-state index contributed by atoms with van der Waals surface area (Å²) in [5.74, 6) is -0.104. The van der Waals surface area contributed by atoms with E-state index in [-0.39, 0.29) is 22.9 Å². The number of thiazole rings is 1. The molecule has 0 saturated carbocycles. The highest BCUT2D eigenvalue weighted by Gasteiger charge is 2.22. The molecule has 0 fully saturated rings. The number of carbonyl (C=O) groups excluding carboxylic acids is 1. The van der Waals surface area contributed by atoms with Gasteiger partial charge in [0.25, 0.3) is 5.69 Å². The molecule has 1 aromatic heterocycles. The minimum absolute atomic E-state index is 0.0343. The van der Waals surface area contributed by atoms with Crippen molar-refractivity contribution < 1.29 is 9.72 Å². The number of nitrogens with one attached hydrogen (secondary N) is 1. The Morgan fingerprint density at radius 3 is 2.23 bits per heavy atom. The van der Waals surface area contributed by atoms with Crippen LogP contribution in [0.3, 0.4) is 0 Å². The molecule has 156 valence electrons. The summed E-state index contributed by atoms with van der Waals surface area (Å²) in [6.07, 6.45) is 0. The first kappa shape index (κ1) is 21.0. The number of amides is 1. The number of non-ortho nitro benzene ring substituents is 1. The molecule has 0 radical (unpaired) electrons. The fourth-order valence-corrected chi connectivity index (χ4v) is 5.42. The average Bonchev–Trinajstić information content (AvgIpc) is 3.19. The molecule has 0 unspecified atom stereocenters. The van der Waals surface area contributed by atoms with E-state index in [0.717, 1.165) is 15.8 Å².